The lowest BCUT2D eigenvalue weighted by Crippen LogP contribution is -2.18. The Kier molecular flexibility index (Phi) is 6.10. The first kappa shape index (κ1) is 16.4. The average molecular weight is 289 g/mol. The summed E-state index contributed by atoms with van der Waals surface area (Å²) in [5.74, 6) is 2.16. The maximum Gasteiger partial charge on any atom is 0.126 e. The number of hydrogen-bond acceptors (Lipinski definition) is 2. The van der Waals surface area contributed by atoms with Gasteiger partial charge in [0.1, 0.15) is 5.75 Å². The van der Waals surface area contributed by atoms with Gasteiger partial charge >= 0.3 is 0 Å². The molecule has 0 aliphatic heterocycles. The van der Waals surface area contributed by atoms with Gasteiger partial charge in [0, 0.05) is 6.04 Å². The van der Waals surface area contributed by atoms with Crippen molar-refractivity contribution in [3.63, 3.8) is 0 Å². The van der Waals surface area contributed by atoms with Crippen LogP contribution in [0.15, 0.2) is 18.2 Å². The molecule has 0 aromatic heterocycles. The molecule has 0 atom stereocenters. The molecular formula is C19H31NO. The van der Waals surface area contributed by atoms with Crippen LogP contribution in [0.1, 0.15) is 76.3 Å². The Morgan fingerprint density at radius 3 is 2.19 bits per heavy atom. The van der Waals surface area contributed by atoms with Crippen LogP contribution >= 0.6 is 0 Å². The van der Waals surface area contributed by atoms with Crippen molar-refractivity contribution in [2.75, 3.05) is 13.2 Å². The minimum absolute atomic E-state index is 0.509. The minimum atomic E-state index is 0.509. The van der Waals surface area contributed by atoms with Crippen LogP contribution < -0.4 is 10.1 Å². The van der Waals surface area contributed by atoms with Crippen LogP contribution in [0.4, 0.5) is 0 Å². The van der Waals surface area contributed by atoms with E-state index >= 15 is 0 Å². The Bertz CT molecular complexity index is 409. The molecule has 1 aromatic rings. The molecule has 0 unspecified atom stereocenters. The molecule has 0 saturated heterocycles. The third-order valence-electron chi connectivity index (χ3n) is 4.15. The van der Waals surface area contributed by atoms with E-state index in [1.54, 1.807) is 0 Å². The topological polar surface area (TPSA) is 21.3 Å². The van der Waals surface area contributed by atoms with Crippen LogP contribution in [-0.2, 0) is 0 Å². The lowest BCUT2D eigenvalue weighted by molar-refractivity contribution is 0.297. The molecule has 118 valence electrons. The van der Waals surface area contributed by atoms with Gasteiger partial charge in [-0.05, 0) is 55.2 Å². The Morgan fingerprint density at radius 2 is 1.67 bits per heavy atom. The highest BCUT2D eigenvalue weighted by molar-refractivity contribution is 5.44. The van der Waals surface area contributed by atoms with Crippen molar-refractivity contribution in [2.24, 2.45) is 0 Å². The quantitative estimate of drug-likeness (QED) is 0.656. The normalized spacial score (nSPS) is 15.0. The first-order valence-electron chi connectivity index (χ1n) is 8.58. The van der Waals surface area contributed by atoms with Crippen molar-refractivity contribution in [3.8, 4) is 5.75 Å². The van der Waals surface area contributed by atoms with Crippen molar-refractivity contribution in [1.29, 1.82) is 0 Å². The first-order chi connectivity index (χ1) is 10.1. The summed E-state index contributed by atoms with van der Waals surface area (Å²) in [5.41, 5.74) is 2.69. The third kappa shape index (κ3) is 5.03. The van der Waals surface area contributed by atoms with E-state index in [2.05, 4.69) is 51.2 Å². The molecule has 0 amide bonds. The summed E-state index contributed by atoms with van der Waals surface area (Å²) in [7, 11) is 0. The van der Waals surface area contributed by atoms with Crippen molar-refractivity contribution < 1.29 is 4.74 Å². The van der Waals surface area contributed by atoms with E-state index in [0.717, 1.165) is 31.4 Å². The zero-order chi connectivity index (χ0) is 15.2. The molecule has 2 heteroatoms. The Balaban J connectivity index is 1.87. The van der Waals surface area contributed by atoms with E-state index < -0.39 is 0 Å². The third-order valence-corrected chi connectivity index (χ3v) is 4.15. The fourth-order valence-electron chi connectivity index (χ4n) is 2.64. The summed E-state index contributed by atoms with van der Waals surface area (Å²) in [6.45, 7) is 10.9. The van der Waals surface area contributed by atoms with Crippen LogP contribution in [0, 0.1) is 0 Å². The summed E-state index contributed by atoms with van der Waals surface area (Å²) in [6.07, 6.45) is 5.08. The molecule has 1 fully saturated rings. The predicted octanol–water partition coefficient (Wildman–Crippen LogP) is 4.84. The molecule has 0 spiro atoms. The summed E-state index contributed by atoms with van der Waals surface area (Å²) < 4.78 is 6.19. The van der Waals surface area contributed by atoms with E-state index in [4.69, 9.17) is 4.74 Å². The number of nitrogens with one attached hydrogen (secondary N) is 1. The molecule has 2 nitrogen and oxygen atoms in total. The molecule has 1 aliphatic rings. The van der Waals surface area contributed by atoms with Crippen molar-refractivity contribution in [3.05, 3.63) is 29.3 Å². The number of rotatable bonds is 9. The van der Waals surface area contributed by atoms with Crippen LogP contribution in [0.2, 0.25) is 0 Å². The van der Waals surface area contributed by atoms with Gasteiger partial charge in [0.05, 0.1) is 6.61 Å². The molecule has 1 N–H and O–H groups in total. The van der Waals surface area contributed by atoms with Crippen molar-refractivity contribution in [2.45, 2.75) is 71.3 Å². The maximum absolute atomic E-state index is 6.19. The van der Waals surface area contributed by atoms with E-state index in [1.165, 1.54) is 30.4 Å². The minimum Gasteiger partial charge on any atom is -0.493 e. The standard InChI is InChI=1S/C19H31NO/c1-14(2)17-8-7-9-18(15(3)4)19(17)21-13-6-5-12-20-16-10-11-16/h7-9,14-16,20H,5-6,10-13H2,1-4H3. The van der Waals surface area contributed by atoms with Crippen LogP contribution in [0.25, 0.3) is 0 Å². The fourth-order valence-corrected chi connectivity index (χ4v) is 2.64. The SMILES string of the molecule is CC(C)c1cccc(C(C)C)c1OCCCCNC1CC1. The van der Waals surface area contributed by atoms with Crippen molar-refractivity contribution in [1.82, 2.24) is 5.32 Å². The van der Waals surface area contributed by atoms with E-state index in [1.807, 2.05) is 0 Å². The van der Waals surface area contributed by atoms with E-state index in [9.17, 15) is 0 Å². The lowest BCUT2D eigenvalue weighted by atomic mass is 9.94. The molecule has 21 heavy (non-hydrogen) atoms. The van der Waals surface area contributed by atoms with Crippen LogP contribution in [0.5, 0.6) is 5.75 Å². The molecule has 0 bridgehead atoms. The van der Waals surface area contributed by atoms with Gasteiger partial charge in [-0.2, -0.15) is 0 Å². The van der Waals surface area contributed by atoms with E-state index in [-0.39, 0.29) is 0 Å². The number of benzene rings is 1. The second kappa shape index (κ2) is 7.84. The van der Waals surface area contributed by atoms with Gasteiger partial charge in [-0.3, -0.25) is 0 Å². The first-order valence-corrected chi connectivity index (χ1v) is 8.58. The highest BCUT2D eigenvalue weighted by atomic mass is 16.5. The molecule has 0 heterocycles. The lowest BCUT2D eigenvalue weighted by Gasteiger charge is -2.20. The van der Waals surface area contributed by atoms with Gasteiger partial charge in [0.25, 0.3) is 0 Å². The summed E-state index contributed by atoms with van der Waals surface area (Å²) in [5, 5.41) is 3.56. The maximum atomic E-state index is 6.19. The number of ether oxygens (including phenoxy) is 1. The smallest absolute Gasteiger partial charge is 0.126 e. The molecular weight excluding hydrogens is 258 g/mol. The van der Waals surface area contributed by atoms with Crippen molar-refractivity contribution >= 4 is 0 Å². The second-order valence-corrected chi connectivity index (χ2v) is 6.86. The molecule has 1 saturated carbocycles. The highest BCUT2D eigenvalue weighted by Crippen LogP contribution is 2.34. The summed E-state index contributed by atoms with van der Waals surface area (Å²) >= 11 is 0. The monoisotopic (exact) mass is 289 g/mol. The number of hydrogen-bond donors (Lipinski definition) is 1. The molecule has 2 rings (SSSR count). The molecule has 1 aromatic carbocycles. The van der Waals surface area contributed by atoms with Crippen LogP contribution in [0.3, 0.4) is 0 Å². The summed E-state index contributed by atoms with van der Waals surface area (Å²) in [4.78, 5) is 0. The summed E-state index contributed by atoms with van der Waals surface area (Å²) in [6, 6.07) is 7.40. The zero-order valence-electron chi connectivity index (χ0n) is 14.1. The van der Waals surface area contributed by atoms with Gasteiger partial charge < -0.3 is 10.1 Å². The van der Waals surface area contributed by atoms with E-state index in [0.29, 0.717) is 11.8 Å². The van der Waals surface area contributed by atoms with Gasteiger partial charge in [-0.1, -0.05) is 45.9 Å². The Hall–Kier alpha value is -1.02. The predicted molar refractivity (Wildman–Crippen MR) is 90.4 cm³/mol. The van der Waals surface area contributed by atoms with Gasteiger partial charge in [0.2, 0.25) is 0 Å². The van der Waals surface area contributed by atoms with Gasteiger partial charge in [-0.25, -0.2) is 0 Å². The Labute approximate surface area is 130 Å². The molecule has 0 radical (unpaired) electrons. The largest absolute Gasteiger partial charge is 0.493 e. The number of para-hydroxylation sites is 1. The number of unbranched alkanes of at least 4 members (excludes halogenated alkanes) is 1. The average Bonchev–Trinajstić information content (AvgIpc) is 3.26. The fraction of sp³-hybridized carbons (Fsp3) is 0.684. The van der Waals surface area contributed by atoms with Gasteiger partial charge in [-0.15, -0.1) is 0 Å². The highest BCUT2D eigenvalue weighted by Gasteiger charge is 2.19. The zero-order valence-corrected chi connectivity index (χ0v) is 14.1. The van der Waals surface area contributed by atoms with Gasteiger partial charge in [0.15, 0.2) is 0 Å². The van der Waals surface area contributed by atoms with Crippen LogP contribution in [-0.4, -0.2) is 19.2 Å². The second-order valence-electron chi connectivity index (χ2n) is 6.86. The molecule has 1 aliphatic carbocycles. The Morgan fingerprint density at radius 1 is 1.05 bits per heavy atom.